The van der Waals surface area contributed by atoms with Crippen LogP contribution < -0.4 is 0 Å². The molecular weight excluding hydrogens is 308 g/mol. The number of rotatable bonds is 6. The molecule has 0 aliphatic rings. The number of carbonyl (C=O) groups excluding carboxylic acids is 3. The number of methoxy groups -OCH3 is 1. The summed E-state index contributed by atoms with van der Waals surface area (Å²) in [6.07, 6.45) is 0.343. The Labute approximate surface area is 143 Å². The molecule has 0 fully saturated rings. The highest BCUT2D eigenvalue weighted by atomic mass is 16.5. The zero-order valence-electron chi connectivity index (χ0n) is 15.9. The molecule has 1 rings (SSSR count). The normalized spacial score (nSPS) is 12.2. The van der Waals surface area contributed by atoms with Crippen molar-refractivity contribution in [2.24, 2.45) is 7.05 Å². The fourth-order valence-corrected chi connectivity index (χ4v) is 3.20. The van der Waals surface area contributed by atoms with Gasteiger partial charge in [-0.25, -0.2) is 4.79 Å². The molecular formula is C18H28N2O4. The number of hydrogen-bond acceptors (Lipinski definition) is 4. The van der Waals surface area contributed by atoms with Gasteiger partial charge in [0, 0.05) is 30.8 Å². The van der Waals surface area contributed by atoms with Gasteiger partial charge in [0.25, 0.3) is 0 Å². The van der Waals surface area contributed by atoms with Crippen LogP contribution in [0.3, 0.4) is 0 Å². The predicted octanol–water partition coefficient (Wildman–Crippen LogP) is 2.65. The lowest BCUT2D eigenvalue weighted by Crippen LogP contribution is -2.47. The number of ether oxygens (including phenoxy) is 1. The number of hydrogen-bond donors (Lipinski definition) is 0. The van der Waals surface area contributed by atoms with Gasteiger partial charge in [0.15, 0.2) is 5.78 Å². The van der Waals surface area contributed by atoms with E-state index in [0.29, 0.717) is 28.9 Å². The standard InChI is InChI=1S/C18H28N2O4/c1-9-14(21)20(10(2)3)13(6)17(22)15-11(4)16(18(23)24-8)19(7)12(15)5/h10,13H,9H2,1-8H3. The summed E-state index contributed by atoms with van der Waals surface area (Å²) in [7, 11) is 3.04. The van der Waals surface area contributed by atoms with Crippen LogP contribution in [0.5, 0.6) is 0 Å². The first-order valence-corrected chi connectivity index (χ1v) is 8.19. The van der Waals surface area contributed by atoms with Gasteiger partial charge in [-0.3, -0.25) is 9.59 Å². The first kappa shape index (κ1) is 19.9. The van der Waals surface area contributed by atoms with E-state index in [-0.39, 0.29) is 17.7 Å². The van der Waals surface area contributed by atoms with Crippen LogP contribution in [0.1, 0.15) is 66.2 Å². The van der Waals surface area contributed by atoms with Crippen LogP contribution in [0.2, 0.25) is 0 Å². The summed E-state index contributed by atoms with van der Waals surface area (Å²) in [6.45, 7) is 10.8. The van der Waals surface area contributed by atoms with Gasteiger partial charge < -0.3 is 14.2 Å². The van der Waals surface area contributed by atoms with Gasteiger partial charge in [-0.2, -0.15) is 0 Å². The first-order valence-electron chi connectivity index (χ1n) is 8.19. The van der Waals surface area contributed by atoms with E-state index in [4.69, 9.17) is 4.74 Å². The molecule has 0 spiro atoms. The van der Waals surface area contributed by atoms with Crippen molar-refractivity contribution in [1.82, 2.24) is 9.47 Å². The van der Waals surface area contributed by atoms with Crippen LogP contribution in [0.15, 0.2) is 0 Å². The van der Waals surface area contributed by atoms with Crippen LogP contribution in [0.4, 0.5) is 0 Å². The second kappa shape index (κ2) is 7.64. The Morgan fingerprint density at radius 1 is 1.17 bits per heavy atom. The molecule has 0 radical (unpaired) electrons. The molecule has 0 aromatic carbocycles. The molecule has 1 amide bonds. The highest BCUT2D eigenvalue weighted by Gasteiger charge is 2.32. The van der Waals surface area contributed by atoms with Crippen LogP contribution >= 0.6 is 0 Å². The lowest BCUT2D eigenvalue weighted by molar-refractivity contribution is -0.133. The largest absolute Gasteiger partial charge is 0.464 e. The molecule has 0 saturated heterocycles. The van der Waals surface area contributed by atoms with Gasteiger partial charge in [0.2, 0.25) is 5.91 Å². The summed E-state index contributed by atoms with van der Waals surface area (Å²) in [5, 5.41) is 0. The van der Waals surface area contributed by atoms with E-state index in [0.717, 1.165) is 0 Å². The number of nitrogens with zero attached hydrogens (tertiary/aromatic N) is 2. The Kier molecular flexibility index (Phi) is 6.35. The lowest BCUT2D eigenvalue weighted by atomic mass is 9.99. The molecule has 134 valence electrons. The molecule has 1 heterocycles. The van der Waals surface area contributed by atoms with Crippen molar-refractivity contribution in [2.45, 2.75) is 60.0 Å². The topological polar surface area (TPSA) is 68.6 Å². The maximum Gasteiger partial charge on any atom is 0.354 e. The maximum atomic E-state index is 13.1. The summed E-state index contributed by atoms with van der Waals surface area (Å²) in [6, 6.07) is -0.677. The monoisotopic (exact) mass is 336 g/mol. The van der Waals surface area contributed by atoms with E-state index < -0.39 is 12.0 Å². The molecule has 1 unspecified atom stereocenters. The number of Topliss-reactive ketones (excluding diaryl/α,β-unsaturated/α-hetero) is 1. The third-order valence-corrected chi connectivity index (χ3v) is 4.50. The van der Waals surface area contributed by atoms with E-state index in [2.05, 4.69) is 0 Å². The van der Waals surface area contributed by atoms with Crippen LogP contribution in [-0.2, 0) is 16.6 Å². The predicted molar refractivity (Wildman–Crippen MR) is 92.3 cm³/mol. The van der Waals surface area contributed by atoms with Crippen molar-refractivity contribution in [1.29, 1.82) is 0 Å². The third-order valence-electron chi connectivity index (χ3n) is 4.50. The minimum absolute atomic E-state index is 0.0646. The average Bonchev–Trinajstić information content (AvgIpc) is 2.75. The summed E-state index contributed by atoms with van der Waals surface area (Å²) in [5.41, 5.74) is 2.13. The summed E-state index contributed by atoms with van der Waals surface area (Å²) >= 11 is 0. The van der Waals surface area contributed by atoms with Crippen molar-refractivity contribution in [3.05, 3.63) is 22.5 Å². The van der Waals surface area contributed by atoms with E-state index in [9.17, 15) is 14.4 Å². The van der Waals surface area contributed by atoms with Gasteiger partial charge in [0.05, 0.1) is 13.2 Å². The minimum Gasteiger partial charge on any atom is -0.464 e. The molecule has 24 heavy (non-hydrogen) atoms. The zero-order chi connectivity index (χ0) is 18.8. The zero-order valence-corrected chi connectivity index (χ0v) is 15.9. The third kappa shape index (κ3) is 3.37. The van der Waals surface area contributed by atoms with Gasteiger partial charge >= 0.3 is 5.97 Å². The molecule has 0 aliphatic carbocycles. The molecule has 0 aliphatic heterocycles. The maximum absolute atomic E-state index is 13.1. The number of aromatic nitrogens is 1. The molecule has 1 atom stereocenters. The number of amides is 1. The quantitative estimate of drug-likeness (QED) is 0.591. The average molecular weight is 336 g/mol. The van der Waals surface area contributed by atoms with Crippen LogP contribution in [-0.4, -0.2) is 46.3 Å². The Morgan fingerprint density at radius 3 is 2.12 bits per heavy atom. The van der Waals surface area contributed by atoms with Crippen LogP contribution in [0.25, 0.3) is 0 Å². The smallest absolute Gasteiger partial charge is 0.354 e. The molecule has 0 N–H and O–H groups in total. The van der Waals surface area contributed by atoms with Crippen molar-refractivity contribution in [3.63, 3.8) is 0 Å². The fourth-order valence-electron chi connectivity index (χ4n) is 3.20. The van der Waals surface area contributed by atoms with E-state index in [1.54, 1.807) is 44.2 Å². The van der Waals surface area contributed by atoms with Gasteiger partial charge in [-0.05, 0) is 40.2 Å². The minimum atomic E-state index is -0.595. The number of carbonyl (C=O) groups is 3. The molecule has 0 bridgehead atoms. The van der Waals surface area contributed by atoms with Crippen molar-refractivity contribution in [3.8, 4) is 0 Å². The van der Waals surface area contributed by atoms with Gasteiger partial charge in [-0.1, -0.05) is 6.92 Å². The van der Waals surface area contributed by atoms with Crippen molar-refractivity contribution < 1.29 is 19.1 Å². The SMILES string of the molecule is CCC(=O)N(C(C)C)C(C)C(=O)c1c(C)c(C(=O)OC)n(C)c1C. The number of ketones is 1. The summed E-state index contributed by atoms with van der Waals surface area (Å²) in [5.74, 6) is -0.702. The highest BCUT2D eigenvalue weighted by Crippen LogP contribution is 2.25. The Bertz CT molecular complexity index is 658. The summed E-state index contributed by atoms with van der Waals surface area (Å²) in [4.78, 5) is 38.9. The Hall–Kier alpha value is -2.11. The molecule has 6 heteroatoms. The lowest BCUT2D eigenvalue weighted by Gasteiger charge is -2.32. The molecule has 1 aromatic rings. The van der Waals surface area contributed by atoms with Gasteiger partial charge in [0.1, 0.15) is 5.69 Å². The molecule has 6 nitrogen and oxygen atoms in total. The van der Waals surface area contributed by atoms with Gasteiger partial charge in [-0.15, -0.1) is 0 Å². The number of esters is 1. The molecule has 1 aromatic heterocycles. The van der Waals surface area contributed by atoms with E-state index >= 15 is 0 Å². The molecule has 0 saturated carbocycles. The fraction of sp³-hybridized carbons (Fsp3) is 0.611. The van der Waals surface area contributed by atoms with Crippen molar-refractivity contribution >= 4 is 17.7 Å². The first-order chi connectivity index (χ1) is 11.1. The van der Waals surface area contributed by atoms with Crippen molar-refractivity contribution in [2.75, 3.05) is 7.11 Å². The van der Waals surface area contributed by atoms with Crippen LogP contribution in [0, 0.1) is 13.8 Å². The van der Waals surface area contributed by atoms with E-state index in [1.807, 2.05) is 13.8 Å². The Morgan fingerprint density at radius 2 is 1.71 bits per heavy atom. The summed E-state index contributed by atoms with van der Waals surface area (Å²) < 4.78 is 6.48. The second-order valence-electron chi connectivity index (χ2n) is 6.27. The highest BCUT2D eigenvalue weighted by molar-refractivity contribution is 6.06. The Balaban J connectivity index is 3.38. The second-order valence-corrected chi connectivity index (χ2v) is 6.27. The van der Waals surface area contributed by atoms with E-state index in [1.165, 1.54) is 7.11 Å².